The number of hydrogen-bond donors (Lipinski definition) is 0. The van der Waals surface area contributed by atoms with Crippen molar-refractivity contribution in [1.29, 1.82) is 0 Å². The summed E-state index contributed by atoms with van der Waals surface area (Å²) in [6.07, 6.45) is 0. The molecule has 0 aliphatic carbocycles. The van der Waals surface area contributed by atoms with E-state index in [1.54, 1.807) is 0 Å². The van der Waals surface area contributed by atoms with E-state index >= 15 is 0 Å². The van der Waals surface area contributed by atoms with Crippen LogP contribution in [0.4, 0.5) is 0 Å². The first kappa shape index (κ1) is 16.3. The van der Waals surface area contributed by atoms with Crippen LogP contribution in [0, 0.1) is 0 Å². The molecular weight excluding hydrogens is 88.1 g/mol. The van der Waals surface area contributed by atoms with Gasteiger partial charge in [-0.25, -0.2) is 0 Å². The van der Waals surface area contributed by atoms with E-state index in [4.69, 9.17) is 0 Å². The fourth-order valence-corrected chi connectivity index (χ4v) is 0. The van der Waals surface area contributed by atoms with Gasteiger partial charge in [-0.2, -0.15) is 0 Å². The minimum Gasteiger partial charge on any atom is -1.00 e. The summed E-state index contributed by atoms with van der Waals surface area (Å²) in [7, 11) is 0. The molecule has 0 aliphatic heterocycles. The molecule has 0 unspecified atom stereocenters. The molecule has 32 valence electrons. The molecule has 0 saturated heterocycles. The second kappa shape index (κ2) is 60.1. The Labute approximate surface area is 67.9 Å². The van der Waals surface area contributed by atoms with Crippen LogP contribution in [-0.4, -0.2) is 37.7 Å². The van der Waals surface area contributed by atoms with Crippen molar-refractivity contribution in [1.82, 2.24) is 0 Å². The summed E-state index contributed by atoms with van der Waals surface area (Å²) in [5.41, 5.74) is 0. The zero-order valence-electron chi connectivity index (χ0n) is 6.71. The molecular formula is C4H14Ca. The molecule has 1 heteroatoms. The van der Waals surface area contributed by atoms with Crippen LogP contribution in [0.5, 0.6) is 0 Å². The van der Waals surface area contributed by atoms with Gasteiger partial charge in [0, 0.05) is 0 Å². The summed E-state index contributed by atoms with van der Waals surface area (Å²) in [5.74, 6) is 0. The number of rotatable bonds is 0. The smallest absolute Gasteiger partial charge is 1.00 e. The maximum absolute atomic E-state index is 2.00. The molecule has 0 atom stereocenters. The van der Waals surface area contributed by atoms with E-state index < -0.39 is 0 Å². The van der Waals surface area contributed by atoms with Gasteiger partial charge in [-0.1, -0.05) is 27.7 Å². The molecule has 0 aliphatic rings. The first-order chi connectivity index (χ1) is 2.00. The second-order valence-electron chi connectivity index (χ2n) is 0. The van der Waals surface area contributed by atoms with E-state index in [9.17, 15) is 0 Å². The molecule has 0 N–H and O–H groups in total. The van der Waals surface area contributed by atoms with Gasteiger partial charge in [0.05, 0.1) is 0 Å². The fraction of sp³-hybridized carbons (Fsp3) is 1.00. The Morgan fingerprint density at radius 2 is 0.800 bits per heavy atom. The van der Waals surface area contributed by atoms with Crippen LogP contribution in [0.15, 0.2) is 0 Å². The van der Waals surface area contributed by atoms with E-state index in [1.807, 2.05) is 27.7 Å². The van der Waals surface area contributed by atoms with Gasteiger partial charge in [0.25, 0.3) is 0 Å². The first-order valence-corrected chi connectivity index (χ1v) is 2.00. The minimum absolute atomic E-state index is 0. The Kier molecular flexibility index (Phi) is 196. The third kappa shape index (κ3) is 35.2. The zero-order chi connectivity index (χ0) is 4.00. The van der Waals surface area contributed by atoms with Crippen molar-refractivity contribution in [3.05, 3.63) is 0 Å². The van der Waals surface area contributed by atoms with Crippen molar-refractivity contribution in [2.75, 3.05) is 0 Å². The topological polar surface area (TPSA) is 0 Å². The average molecular weight is 102 g/mol. The predicted octanol–water partition coefficient (Wildman–Crippen LogP) is 1.90. The first-order valence-electron chi connectivity index (χ1n) is 2.00. The monoisotopic (exact) mass is 102 g/mol. The molecule has 0 amide bonds. The summed E-state index contributed by atoms with van der Waals surface area (Å²) < 4.78 is 0. The minimum atomic E-state index is 0. The molecule has 0 radical (unpaired) electrons. The van der Waals surface area contributed by atoms with Crippen molar-refractivity contribution >= 4 is 37.7 Å². The largest absolute Gasteiger partial charge is 2.00 e. The standard InChI is InChI=1S/2C2H6.Ca.2H/c2*1-2;;;/h2*1-2H3;;;/q;;+2;2*-1. The van der Waals surface area contributed by atoms with Crippen molar-refractivity contribution in [2.45, 2.75) is 27.7 Å². The maximum Gasteiger partial charge on any atom is 2.00 e. The molecule has 0 aromatic heterocycles. The number of hydrogen-bond acceptors (Lipinski definition) is 0. The third-order valence-electron chi connectivity index (χ3n) is 0. The van der Waals surface area contributed by atoms with Crippen LogP contribution in [0.1, 0.15) is 30.5 Å². The van der Waals surface area contributed by atoms with Crippen molar-refractivity contribution < 1.29 is 2.85 Å². The SMILES string of the molecule is CC.CC.[Ca+2].[H-].[H-]. The normalized spacial score (nSPS) is 2.40. The van der Waals surface area contributed by atoms with E-state index in [0.29, 0.717) is 0 Å². The van der Waals surface area contributed by atoms with Gasteiger partial charge >= 0.3 is 37.7 Å². The van der Waals surface area contributed by atoms with Gasteiger partial charge in [0.15, 0.2) is 0 Å². The van der Waals surface area contributed by atoms with Gasteiger partial charge < -0.3 is 2.85 Å². The predicted molar refractivity (Wildman–Crippen MR) is 30.7 cm³/mol. The van der Waals surface area contributed by atoms with Gasteiger partial charge in [-0.15, -0.1) is 0 Å². The van der Waals surface area contributed by atoms with Gasteiger partial charge in [-0.05, 0) is 0 Å². The van der Waals surface area contributed by atoms with Crippen LogP contribution in [0.25, 0.3) is 0 Å². The Hall–Kier alpha value is 1.26. The Bertz CT molecular complexity index is 9.65. The summed E-state index contributed by atoms with van der Waals surface area (Å²) in [4.78, 5) is 0. The molecule has 0 rings (SSSR count). The maximum atomic E-state index is 2.00. The van der Waals surface area contributed by atoms with E-state index in [0.717, 1.165) is 0 Å². The van der Waals surface area contributed by atoms with Crippen molar-refractivity contribution in [3.8, 4) is 0 Å². The van der Waals surface area contributed by atoms with E-state index in [2.05, 4.69) is 0 Å². The summed E-state index contributed by atoms with van der Waals surface area (Å²) >= 11 is 0. The second-order valence-corrected chi connectivity index (χ2v) is 0. The van der Waals surface area contributed by atoms with E-state index in [1.165, 1.54) is 0 Å². The van der Waals surface area contributed by atoms with Gasteiger partial charge in [-0.3, -0.25) is 0 Å². The quantitative estimate of drug-likeness (QED) is 0.410. The third-order valence-corrected chi connectivity index (χ3v) is 0. The molecule has 5 heavy (non-hydrogen) atoms. The molecule has 0 heterocycles. The zero-order valence-corrected chi connectivity index (χ0v) is 6.92. The molecule has 0 saturated carbocycles. The van der Waals surface area contributed by atoms with Crippen LogP contribution in [0.3, 0.4) is 0 Å². The Morgan fingerprint density at radius 3 is 0.800 bits per heavy atom. The Balaban J connectivity index is -0.00000000267. The molecule has 0 spiro atoms. The van der Waals surface area contributed by atoms with Gasteiger partial charge in [0.1, 0.15) is 0 Å². The van der Waals surface area contributed by atoms with Crippen LogP contribution in [0.2, 0.25) is 0 Å². The van der Waals surface area contributed by atoms with Crippen LogP contribution >= 0.6 is 0 Å². The van der Waals surface area contributed by atoms with Gasteiger partial charge in [0.2, 0.25) is 0 Å². The molecule has 0 aromatic carbocycles. The Morgan fingerprint density at radius 1 is 0.800 bits per heavy atom. The van der Waals surface area contributed by atoms with Crippen LogP contribution in [-0.2, 0) is 0 Å². The average Bonchev–Trinajstić information content (AvgIpc) is 1.50. The van der Waals surface area contributed by atoms with Crippen molar-refractivity contribution in [3.63, 3.8) is 0 Å². The van der Waals surface area contributed by atoms with Crippen molar-refractivity contribution in [2.24, 2.45) is 0 Å². The van der Waals surface area contributed by atoms with Crippen LogP contribution < -0.4 is 0 Å². The fourth-order valence-electron chi connectivity index (χ4n) is 0. The molecule has 0 aromatic rings. The van der Waals surface area contributed by atoms with E-state index in [-0.39, 0.29) is 40.6 Å². The summed E-state index contributed by atoms with van der Waals surface area (Å²) in [5, 5.41) is 0. The molecule has 0 nitrogen and oxygen atoms in total. The summed E-state index contributed by atoms with van der Waals surface area (Å²) in [6.45, 7) is 8.00. The summed E-state index contributed by atoms with van der Waals surface area (Å²) in [6, 6.07) is 0. The molecule has 0 bridgehead atoms. The molecule has 0 fully saturated rings.